The number of carbonyl (C=O) groups excluding carboxylic acids is 3. The first-order valence-corrected chi connectivity index (χ1v) is 10.1. The van der Waals surface area contributed by atoms with Gasteiger partial charge < -0.3 is 20.5 Å². The molecule has 3 N–H and O–H groups in total. The molecule has 0 aliphatic heterocycles. The number of primary amides is 1. The van der Waals surface area contributed by atoms with Gasteiger partial charge in [0.2, 0.25) is 0 Å². The molecule has 1 aromatic carbocycles. The average molecular weight is 442 g/mol. The Balaban J connectivity index is 1.75. The number of thiophene rings is 1. The van der Waals surface area contributed by atoms with E-state index in [1.807, 2.05) is 32.0 Å². The van der Waals surface area contributed by atoms with Crippen LogP contribution in [-0.2, 0) is 11.5 Å². The van der Waals surface area contributed by atoms with Crippen LogP contribution in [0.25, 0.3) is 0 Å². The van der Waals surface area contributed by atoms with Crippen LogP contribution >= 0.6 is 11.3 Å². The second kappa shape index (κ2) is 9.00. The molecule has 0 unspecified atom stereocenters. The SMILES string of the molecule is COC(=O)c1c(NC(=O)c2ccn(COc3cc(C)cc(C)c3)n2)sc(C(N)=O)c1C. The van der Waals surface area contributed by atoms with Crippen LogP contribution in [0.4, 0.5) is 5.00 Å². The molecule has 0 radical (unpaired) electrons. The Bertz CT molecular complexity index is 1140. The lowest BCUT2D eigenvalue weighted by molar-refractivity contribution is 0.0601. The maximum Gasteiger partial charge on any atom is 0.341 e. The van der Waals surface area contributed by atoms with E-state index in [-0.39, 0.29) is 27.9 Å². The molecule has 2 amide bonds. The van der Waals surface area contributed by atoms with Crippen molar-refractivity contribution in [1.82, 2.24) is 9.78 Å². The van der Waals surface area contributed by atoms with E-state index in [1.165, 1.54) is 17.9 Å². The third kappa shape index (κ3) is 4.92. The lowest BCUT2D eigenvalue weighted by Gasteiger charge is -2.08. The quantitative estimate of drug-likeness (QED) is 0.542. The number of benzene rings is 1. The molecule has 0 bridgehead atoms. The number of methoxy groups -OCH3 is 1. The van der Waals surface area contributed by atoms with Crippen LogP contribution in [0.3, 0.4) is 0 Å². The fourth-order valence-electron chi connectivity index (χ4n) is 3.06. The minimum absolute atomic E-state index is 0.0900. The summed E-state index contributed by atoms with van der Waals surface area (Å²) in [5, 5.41) is 6.99. The average Bonchev–Trinajstić information content (AvgIpc) is 3.30. The van der Waals surface area contributed by atoms with Crippen molar-refractivity contribution in [3.05, 3.63) is 63.3 Å². The Hall–Kier alpha value is -3.66. The van der Waals surface area contributed by atoms with Crippen molar-refractivity contribution in [1.29, 1.82) is 0 Å². The van der Waals surface area contributed by atoms with Crippen LogP contribution in [0.5, 0.6) is 5.75 Å². The number of ether oxygens (including phenoxy) is 2. The van der Waals surface area contributed by atoms with E-state index in [0.717, 1.165) is 22.5 Å². The maximum atomic E-state index is 12.7. The number of carbonyl (C=O) groups is 3. The van der Waals surface area contributed by atoms with E-state index in [1.54, 1.807) is 13.1 Å². The summed E-state index contributed by atoms with van der Waals surface area (Å²) >= 11 is 0.911. The fraction of sp³-hybridized carbons (Fsp3) is 0.238. The van der Waals surface area contributed by atoms with Crippen molar-refractivity contribution in [3.63, 3.8) is 0 Å². The van der Waals surface area contributed by atoms with Crippen molar-refractivity contribution >= 4 is 34.1 Å². The van der Waals surface area contributed by atoms with Gasteiger partial charge in [-0.3, -0.25) is 9.59 Å². The summed E-state index contributed by atoms with van der Waals surface area (Å²) in [6.07, 6.45) is 1.60. The summed E-state index contributed by atoms with van der Waals surface area (Å²) in [4.78, 5) is 36.6. The van der Waals surface area contributed by atoms with Crippen LogP contribution in [0.1, 0.15) is 47.2 Å². The summed E-state index contributed by atoms with van der Waals surface area (Å²) in [6, 6.07) is 7.39. The van der Waals surface area contributed by atoms with Crippen molar-refractivity contribution in [2.24, 2.45) is 5.73 Å². The summed E-state index contributed by atoms with van der Waals surface area (Å²) in [7, 11) is 1.21. The predicted octanol–water partition coefficient (Wildman–Crippen LogP) is 3.04. The summed E-state index contributed by atoms with van der Waals surface area (Å²) in [6.45, 7) is 5.65. The van der Waals surface area contributed by atoms with E-state index in [9.17, 15) is 14.4 Å². The number of nitrogens with zero attached hydrogens (tertiary/aromatic N) is 2. The van der Waals surface area contributed by atoms with Gasteiger partial charge in [0.1, 0.15) is 10.8 Å². The van der Waals surface area contributed by atoms with Gasteiger partial charge in [0.15, 0.2) is 12.4 Å². The van der Waals surface area contributed by atoms with Crippen LogP contribution in [-0.4, -0.2) is 34.7 Å². The lowest BCUT2D eigenvalue weighted by atomic mass is 10.1. The predicted molar refractivity (Wildman–Crippen MR) is 116 cm³/mol. The van der Waals surface area contributed by atoms with Gasteiger partial charge in [0, 0.05) is 6.20 Å². The van der Waals surface area contributed by atoms with Gasteiger partial charge in [-0.25, -0.2) is 9.48 Å². The van der Waals surface area contributed by atoms with Gasteiger partial charge in [-0.1, -0.05) is 6.07 Å². The zero-order chi connectivity index (χ0) is 22.7. The molecular weight excluding hydrogens is 420 g/mol. The topological polar surface area (TPSA) is 126 Å². The number of rotatable bonds is 7. The Morgan fingerprint density at radius 1 is 1.16 bits per heavy atom. The second-order valence-electron chi connectivity index (χ2n) is 6.91. The largest absolute Gasteiger partial charge is 0.471 e. The highest BCUT2D eigenvalue weighted by Gasteiger charge is 2.26. The number of aryl methyl sites for hydroxylation is 2. The molecule has 3 rings (SSSR count). The molecule has 0 saturated carbocycles. The summed E-state index contributed by atoms with van der Waals surface area (Å²) in [5.41, 5.74) is 8.09. The number of esters is 1. The van der Waals surface area contributed by atoms with Crippen LogP contribution in [0, 0.1) is 20.8 Å². The van der Waals surface area contributed by atoms with Crippen molar-refractivity contribution in [2.75, 3.05) is 12.4 Å². The standard InChI is InChI=1S/C21H22N4O5S/c1-11-7-12(2)9-14(8-11)30-10-25-6-5-15(24-25)19(27)23-20-16(21(28)29-4)13(3)17(31-20)18(22)26/h5-9H,10H2,1-4H3,(H2,22,26)(H,23,27). The van der Waals surface area contributed by atoms with E-state index in [2.05, 4.69) is 10.4 Å². The third-order valence-corrected chi connectivity index (χ3v) is 5.64. The van der Waals surface area contributed by atoms with Gasteiger partial charge in [-0.05, 0) is 55.7 Å². The number of hydrogen-bond donors (Lipinski definition) is 2. The number of hydrogen-bond acceptors (Lipinski definition) is 7. The first-order chi connectivity index (χ1) is 14.7. The monoisotopic (exact) mass is 442 g/mol. The molecule has 162 valence electrons. The van der Waals surface area contributed by atoms with Crippen LogP contribution in [0.2, 0.25) is 0 Å². The first kappa shape index (κ1) is 22.0. The van der Waals surface area contributed by atoms with Crippen molar-refractivity contribution in [3.8, 4) is 5.75 Å². The Morgan fingerprint density at radius 2 is 1.84 bits per heavy atom. The Labute approximate surface area is 182 Å². The molecule has 2 heterocycles. The number of aromatic nitrogens is 2. The summed E-state index contributed by atoms with van der Waals surface area (Å²) in [5.74, 6) is -1.22. The van der Waals surface area contributed by atoms with E-state index < -0.39 is 17.8 Å². The molecule has 31 heavy (non-hydrogen) atoms. The van der Waals surface area contributed by atoms with Crippen LogP contribution < -0.4 is 15.8 Å². The first-order valence-electron chi connectivity index (χ1n) is 9.27. The van der Waals surface area contributed by atoms with Gasteiger partial charge in [-0.15, -0.1) is 11.3 Å². The fourth-order valence-corrected chi connectivity index (χ4v) is 4.11. The zero-order valence-electron chi connectivity index (χ0n) is 17.5. The van der Waals surface area contributed by atoms with E-state index in [0.29, 0.717) is 11.3 Å². The summed E-state index contributed by atoms with van der Waals surface area (Å²) < 4.78 is 12.0. The minimum Gasteiger partial charge on any atom is -0.471 e. The highest BCUT2D eigenvalue weighted by molar-refractivity contribution is 7.18. The smallest absolute Gasteiger partial charge is 0.341 e. The molecule has 2 aromatic heterocycles. The zero-order valence-corrected chi connectivity index (χ0v) is 18.3. The molecular formula is C21H22N4O5S. The molecule has 3 aromatic rings. The molecule has 0 fully saturated rings. The van der Waals surface area contributed by atoms with Crippen molar-refractivity contribution < 1.29 is 23.9 Å². The second-order valence-corrected chi connectivity index (χ2v) is 7.93. The van der Waals surface area contributed by atoms with Gasteiger partial charge >= 0.3 is 5.97 Å². The number of nitrogens with one attached hydrogen (secondary N) is 1. The van der Waals surface area contributed by atoms with Crippen LogP contribution in [0.15, 0.2) is 30.5 Å². The molecule has 0 saturated heterocycles. The maximum absolute atomic E-state index is 12.7. The van der Waals surface area contributed by atoms with Gasteiger partial charge in [0.25, 0.3) is 11.8 Å². The number of amides is 2. The molecule has 10 heteroatoms. The number of anilines is 1. The molecule has 9 nitrogen and oxygen atoms in total. The minimum atomic E-state index is -0.694. The molecule has 0 aliphatic carbocycles. The normalized spacial score (nSPS) is 10.6. The Kier molecular flexibility index (Phi) is 6.40. The highest BCUT2D eigenvalue weighted by Crippen LogP contribution is 2.33. The third-order valence-electron chi connectivity index (χ3n) is 4.42. The molecule has 0 atom stereocenters. The van der Waals surface area contributed by atoms with Gasteiger partial charge in [-0.2, -0.15) is 5.10 Å². The lowest BCUT2D eigenvalue weighted by Crippen LogP contribution is -2.16. The van der Waals surface area contributed by atoms with Crippen molar-refractivity contribution in [2.45, 2.75) is 27.5 Å². The highest BCUT2D eigenvalue weighted by atomic mass is 32.1. The number of nitrogens with two attached hydrogens (primary N) is 1. The molecule has 0 aliphatic rings. The van der Waals surface area contributed by atoms with Gasteiger partial charge in [0.05, 0.1) is 17.6 Å². The Morgan fingerprint density at radius 3 is 2.45 bits per heavy atom. The van der Waals surface area contributed by atoms with E-state index >= 15 is 0 Å². The molecule has 0 spiro atoms. The van der Waals surface area contributed by atoms with E-state index in [4.69, 9.17) is 15.2 Å².